The van der Waals surface area contributed by atoms with Gasteiger partial charge in [0.05, 0.1) is 25.9 Å². The van der Waals surface area contributed by atoms with Gasteiger partial charge >= 0.3 is 0 Å². The number of nitrogens with one attached hydrogen (secondary N) is 1. The first-order valence-corrected chi connectivity index (χ1v) is 6.20. The number of hydrogen-bond acceptors (Lipinski definition) is 3. The van der Waals surface area contributed by atoms with Crippen molar-refractivity contribution in [2.24, 2.45) is 5.73 Å². The first-order chi connectivity index (χ1) is 8.50. The standard InChI is InChI=1S/C13H19ClN2O2/c1-9(2)18-6-5-17-8-11-4-3-10(13(15)16)7-12(11)14/h3-4,7,9H,5-6,8H2,1-2H3,(H3,15,16). The fourth-order valence-electron chi connectivity index (χ4n) is 1.36. The normalized spacial score (nSPS) is 10.9. The molecule has 0 aliphatic rings. The monoisotopic (exact) mass is 270 g/mol. The van der Waals surface area contributed by atoms with E-state index in [-0.39, 0.29) is 11.9 Å². The third kappa shape index (κ3) is 5.04. The molecule has 0 aliphatic carbocycles. The first kappa shape index (κ1) is 15.0. The second-order valence-electron chi connectivity index (χ2n) is 4.19. The molecule has 0 unspecified atom stereocenters. The molecule has 3 N–H and O–H groups in total. The summed E-state index contributed by atoms with van der Waals surface area (Å²) in [4.78, 5) is 0. The van der Waals surface area contributed by atoms with Crippen molar-refractivity contribution in [2.75, 3.05) is 13.2 Å². The molecule has 4 nitrogen and oxygen atoms in total. The third-order valence-corrected chi connectivity index (χ3v) is 2.65. The smallest absolute Gasteiger partial charge is 0.122 e. The van der Waals surface area contributed by atoms with E-state index in [0.717, 1.165) is 5.56 Å². The summed E-state index contributed by atoms with van der Waals surface area (Å²) < 4.78 is 10.8. The highest BCUT2D eigenvalue weighted by molar-refractivity contribution is 6.31. The molecule has 5 heteroatoms. The summed E-state index contributed by atoms with van der Waals surface area (Å²) >= 11 is 6.07. The quantitative estimate of drug-likeness (QED) is 0.455. The lowest BCUT2D eigenvalue weighted by molar-refractivity contribution is 0.0143. The molecule has 0 saturated carbocycles. The summed E-state index contributed by atoms with van der Waals surface area (Å²) in [5, 5.41) is 7.87. The van der Waals surface area contributed by atoms with Crippen molar-refractivity contribution in [3.05, 3.63) is 34.3 Å². The molecular formula is C13H19ClN2O2. The van der Waals surface area contributed by atoms with Gasteiger partial charge in [-0.1, -0.05) is 23.7 Å². The van der Waals surface area contributed by atoms with E-state index in [2.05, 4.69) is 0 Å². The molecule has 0 spiro atoms. The lowest BCUT2D eigenvalue weighted by Gasteiger charge is -2.09. The van der Waals surface area contributed by atoms with E-state index < -0.39 is 0 Å². The fraction of sp³-hybridized carbons (Fsp3) is 0.462. The Balaban J connectivity index is 2.41. The van der Waals surface area contributed by atoms with E-state index >= 15 is 0 Å². The Labute approximate surface area is 113 Å². The van der Waals surface area contributed by atoms with Crippen LogP contribution in [0.3, 0.4) is 0 Å². The predicted octanol–water partition coefficient (Wildman–Crippen LogP) is 2.57. The highest BCUT2D eigenvalue weighted by atomic mass is 35.5. The van der Waals surface area contributed by atoms with Crippen molar-refractivity contribution in [2.45, 2.75) is 26.6 Å². The number of halogens is 1. The van der Waals surface area contributed by atoms with Crippen LogP contribution in [-0.4, -0.2) is 25.2 Å². The van der Waals surface area contributed by atoms with Crippen LogP contribution >= 0.6 is 11.6 Å². The maximum Gasteiger partial charge on any atom is 0.122 e. The lowest BCUT2D eigenvalue weighted by Crippen LogP contribution is -2.11. The van der Waals surface area contributed by atoms with Gasteiger partial charge in [0.2, 0.25) is 0 Å². The first-order valence-electron chi connectivity index (χ1n) is 5.83. The van der Waals surface area contributed by atoms with Crippen molar-refractivity contribution < 1.29 is 9.47 Å². The zero-order valence-electron chi connectivity index (χ0n) is 10.7. The van der Waals surface area contributed by atoms with Crippen LogP contribution in [0.15, 0.2) is 18.2 Å². The number of nitrogens with two attached hydrogens (primary N) is 1. The lowest BCUT2D eigenvalue weighted by atomic mass is 10.1. The number of hydrogen-bond donors (Lipinski definition) is 2. The SMILES string of the molecule is CC(C)OCCOCc1ccc(C(=N)N)cc1Cl. The van der Waals surface area contributed by atoms with Crippen molar-refractivity contribution in [3.8, 4) is 0 Å². The van der Waals surface area contributed by atoms with Gasteiger partial charge in [-0.05, 0) is 25.5 Å². The second-order valence-corrected chi connectivity index (χ2v) is 4.60. The molecule has 100 valence electrons. The average Bonchev–Trinajstić information content (AvgIpc) is 2.29. The molecule has 0 radical (unpaired) electrons. The zero-order chi connectivity index (χ0) is 13.5. The van der Waals surface area contributed by atoms with Crippen LogP contribution < -0.4 is 5.73 Å². The van der Waals surface area contributed by atoms with Gasteiger partial charge < -0.3 is 15.2 Å². The molecule has 18 heavy (non-hydrogen) atoms. The van der Waals surface area contributed by atoms with E-state index in [0.29, 0.717) is 30.4 Å². The molecule has 0 heterocycles. The second kappa shape index (κ2) is 7.36. The average molecular weight is 271 g/mol. The number of amidine groups is 1. The van der Waals surface area contributed by atoms with E-state index in [1.807, 2.05) is 19.9 Å². The maximum atomic E-state index is 7.31. The van der Waals surface area contributed by atoms with Crippen LogP contribution in [-0.2, 0) is 16.1 Å². The number of nitrogen functional groups attached to an aromatic ring is 1. The molecule has 0 saturated heterocycles. The minimum atomic E-state index is 0.00898. The fourth-order valence-corrected chi connectivity index (χ4v) is 1.59. The molecule has 1 aromatic rings. The maximum absolute atomic E-state index is 7.31. The van der Waals surface area contributed by atoms with Gasteiger partial charge in [0, 0.05) is 10.6 Å². The van der Waals surface area contributed by atoms with Gasteiger partial charge in [-0.3, -0.25) is 5.41 Å². The van der Waals surface area contributed by atoms with Crippen molar-refractivity contribution in [3.63, 3.8) is 0 Å². The highest BCUT2D eigenvalue weighted by Crippen LogP contribution is 2.18. The predicted molar refractivity (Wildman–Crippen MR) is 73.2 cm³/mol. The Kier molecular flexibility index (Phi) is 6.12. The van der Waals surface area contributed by atoms with Gasteiger partial charge in [-0.25, -0.2) is 0 Å². The summed E-state index contributed by atoms with van der Waals surface area (Å²) in [6, 6.07) is 5.26. The summed E-state index contributed by atoms with van der Waals surface area (Å²) in [5.41, 5.74) is 6.88. The van der Waals surface area contributed by atoms with Gasteiger partial charge in [0.15, 0.2) is 0 Å². The molecule has 1 rings (SSSR count). The third-order valence-electron chi connectivity index (χ3n) is 2.30. The van der Waals surface area contributed by atoms with Crippen LogP contribution in [0.1, 0.15) is 25.0 Å². The Hall–Kier alpha value is -1.10. The van der Waals surface area contributed by atoms with Gasteiger partial charge in [0.1, 0.15) is 5.84 Å². The minimum absolute atomic E-state index is 0.00898. The van der Waals surface area contributed by atoms with Gasteiger partial charge in [0.25, 0.3) is 0 Å². The molecular weight excluding hydrogens is 252 g/mol. The van der Waals surface area contributed by atoms with E-state index in [1.165, 1.54) is 0 Å². The van der Waals surface area contributed by atoms with Crippen LogP contribution in [0.25, 0.3) is 0 Å². The zero-order valence-corrected chi connectivity index (χ0v) is 11.5. The van der Waals surface area contributed by atoms with Gasteiger partial charge in [-0.2, -0.15) is 0 Å². The molecule has 0 aliphatic heterocycles. The number of benzene rings is 1. The van der Waals surface area contributed by atoms with Crippen LogP contribution in [0.2, 0.25) is 5.02 Å². The van der Waals surface area contributed by atoms with Crippen molar-refractivity contribution in [1.29, 1.82) is 5.41 Å². The van der Waals surface area contributed by atoms with E-state index in [9.17, 15) is 0 Å². The van der Waals surface area contributed by atoms with E-state index in [1.54, 1.807) is 12.1 Å². The molecule has 0 fully saturated rings. The Morgan fingerprint density at radius 1 is 1.39 bits per heavy atom. The van der Waals surface area contributed by atoms with Crippen LogP contribution in [0.5, 0.6) is 0 Å². The summed E-state index contributed by atoms with van der Waals surface area (Å²) in [7, 11) is 0. The molecule has 1 aromatic carbocycles. The number of ether oxygens (including phenoxy) is 2. The topological polar surface area (TPSA) is 68.3 Å². The van der Waals surface area contributed by atoms with Crippen molar-refractivity contribution >= 4 is 17.4 Å². The summed E-state index contributed by atoms with van der Waals surface area (Å²) in [5.74, 6) is 0.00898. The van der Waals surface area contributed by atoms with Crippen LogP contribution in [0.4, 0.5) is 0 Å². The van der Waals surface area contributed by atoms with Crippen molar-refractivity contribution in [1.82, 2.24) is 0 Å². The highest BCUT2D eigenvalue weighted by Gasteiger charge is 2.04. The summed E-state index contributed by atoms with van der Waals surface area (Å²) in [6.45, 7) is 5.50. The van der Waals surface area contributed by atoms with Crippen LogP contribution in [0, 0.1) is 5.41 Å². The minimum Gasteiger partial charge on any atom is -0.384 e. The molecule has 0 atom stereocenters. The summed E-state index contributed by atoms with van der Waals surface area (Å²) in [6.07, 6.45) is 0.215. The van der Waals surface area contributed by atoms with Gasteiger partial charge in [-0.15, -0.1) is 0 Å². The molecule has 0 amide bonds. The van der Waals surface area contributed by atoms with E-state index in [4.69, 9.17) is 32.2 Å². The largest absolute Gasteiger partial charge is 0.384 e. The number of rotatable bonds is 7. The molecule has 0 aromatic heterocycles. The Morgan fingerprint density at radius 3 is 2.67 bits per heavy atom. The Morgan fingerprint density at radius 2 is 2.11 bits per heavy atom. The molecule has 0 bridgehead atoms. The Bertz CT molecular complexity index is 408.